The van der Waals surface area contributed by atoms with Crippen molar-refractivity contribution in [3.63, 3.8) is 0 Å². The van der Waals surface area contributed by atoms with Crippen LogP contribution in [-0.2, 0) is 0 Å². The minimum absolute atomic E-state index is 0. The second-order valence-corrected chi connectivity index (χ2v) is 1.82. The summed E-state index contributed by atoms with van der Waals surface area (Å²) in [6.07, 6.45) is 0. The molecule has 0 amide bonds. The lowest BCUT2D eigenvalue weighted by Gasteiger charge is -2.02. The van der Waals surface area contributed by atoms with E-state index in [1.807, 2.05) is 13.0 Å². The van der Waals surface area contributed by atoms with Crippen molar-refractivity contribution in [3.05, 3.63) is 29.8 Å². The molecule has 9 heavy (non-hydrogen) atoms. The molecular formula is C7H7ClO-2. The lowest BCUT2D eigenvalue weighted by molar-refractivity contribution is -0.268. The molecule has 50 valence electrons. The minimum atomic E-state index is 0. The minimum Gasteiger partial charge on any atom is -1.00 e. The van der Waals surface area contributed by atoms with Crippen LogP contribution in [0.15, 0.2) is 24.3 Å². The Bertz CT molecular complexity index is 169. The number of hydrogen-bond acceptors (Lipinski definition) is 1. The molecule has 0 aromatic heterocycles. The SMILES string of the molecule is Cc1cccc([O-])c1.[Cl-]. The van der Waals surface area contributed by atoms with E-state index in [-0.39, 0.29) is 18.2 Å². The van der Waals surface area contributed by atoms with Gasteiger partial charge in [0.25, 0.3) is 0 Å². The van der Waals surface area contributed by atoms with Crippen molar-refractivity contribution < 1.29 is 17.5 Å². The van der Waals surface area contributed by atoms with Gasteiger partial charge >= 0.3 is 0 Å². The standard InChI is InChI=1S/C7H8O.ClH/c1-6-3-2-4-7(8)5-6;/h2-5,8H,1H3;1H/p-2. The molecule has 0 saturated heterocycles. The normalized spacial score (nSPS) is 8.11. The fraction of sp³-hybridized carbons (Fsp3) is 0.143. The largest absolute Gasteiger partial charge is 1.00 e. The van der Waals surface area contributed by atoms with Crippen molar-refractivity contribution in [2.75, 3.05) is 0 Å². The van der Waals surface area contributed by atoms with Crippen LogP contribution in [0, 0.1) is 6.92 Å². The van der Waals surface area contributed by atoms with Gasteiger partial charge in [-0.2, -0.15) is 0 Å². The molecule has 0 N–H and O–H groups in total. The van der Waals surface area contributed by atoms with Crippen molar-refractivity contribution >= 4 is 0 Å². The highest BCUT2D eigenvalue weighted by Gasteiger charge is 1.76. The van der Waals surface area contributed by atoms with Gasteiger partial charge < -0.3 is 17.5 Å². The zero-order chi connectivity index (χ0) is 5.98. The van der Waals surface area contributed by atoms with Gasteiger partial charge in [-0.3, -0.25) is 0 Å². The molecule has 0 bridgehead atoms. The molecule has 0 heterocycles. The first-order chi connectivity index (χ1) is 3.79. The van der Waals surface area contributed by atoms with E-state index in [0.29, 0.717) is 0 Å². The van der Waals surface area contributed by atoms with Crippen LogP contribution in [0.4, 0.5) is 0 Å². The molecule has 0 fully saturated rings. The average Bonchev–Trinajstić information content (AvgIpc) is 1.64. The summed E-state index contributed by atoms with van der Waals surface area (Å²) in [5.74, 6) is 0.0880. The van der Waals surface area contributed by atoms with E-state index >= 15 is 0 Å². The third-order valence-corrected chi connectivity index (χ3v) is 0.990. The van der Waals surface area contributed by atoms with Gasteiger partial charge in [0.2, 0.25) is 0 Å². The number of benzene rings is 1. The van der Waals surface area contributed by atoms with Gasteiger partial charge in [-0.15, -0.1) is 5.75 Å². The fourth-order valence-corrected chi connectivity index (χ4v) is 0.615. The van der Waals surface area contributed by atoms with E-state index in [1.165, 1.54) is 0 Å². The maximum Gasteiger partial charge on any atom is -0.0398 e. The van der Waals surface area contributed by atoms with Crippen molar-refractivity contribution in [2.45, 2.75) is 6.92 Å². The van der Waals surface area contributed by atoms with Crippen molar-refractivity contribution in [1.29, 1.82) is 0 Å². The first-order valence-corrected chi connectivity index (χ1v) is 2.53. The van der Waals surface area contributed by atoms with Crippen LogP contribution in [0.3, 0.4) is 0 Å². The predicted molar refractivity (Wildman–Crippen MR) is 30.6 cm³/mol. The lowest BCUT2D eigenvalue weighted by atomic mass is 10.2. The van der Waals surface area contributed by atoms with Crippen LogP contribution >= 0.6 is 0 Å². The molecule has 0 atom stereocenters. The Morgan fingerprint density at radius 3 is 2.33 bits per heavy atom. The maximum absolute atomic E-state index is 10.5. The van der Waals surface area contributed by atoms with Gasteiger partial charge in [0, 0.05) is 0 Å². The predicted octanol–water partition coefficient (Wildman–Crippen LogP) is -1.93. The van der Waals surface area contributed by atoms with Gasteiger partial charge in [0.15, 0.2) is 0 Å². The molecule has 0 aliphatic rings. The van der Waals surface area contributed by atoms with E-state index in [1.54, 1.807) is 18.2 Å². The van der Waals surface area contributed by atoms with Gasteiger partial charge in [0.05, 0.1) is 0 Å². The molecule has 0 spiro atoms. The molecule has 0 aliphatic heterocycles. The Morgan fingerprint density at radius 1 is 1.33 bits per heavy atom. The Morgan fingerprint density at radius 2 is 2.00 bits per heavy atom. The summed E-state index contributed by atoms with van der Waals surface area (Å²) in [5, 5.41) is 10.5. The molecular weight excluding hydrogens is 136 g/mol. The highest BCUT2D eigenvalue weighted by Crippen LogP contribution is 2.04. The van der Waals surface area contributed by atoms with Crippen LogP contribution in [0.2, 0.25) is 0 Å². The average molecular weight is 143 g/mol. The van der Waals surface area contributed by atoms with Crippen LogP contribution in [0.25, 0.3) is 0 Å². The van der Waals surface area contributed by atoms with Gasteiger partial charge in [0.1, 0.15) is 0 Å². The highest BCUT2D eigenvalue weighted by atomic mass is 35.5. The Balaban J connectivity index is 0.000000640. The summed E-state index contributed by atoms with van der Waals surface area (Å²) < 4.78 is 0. The van der Waals surface area contributed by atoms with E-state index in [4.69, 9.17) is 0 Å². The van der Waals surface area contributed by atoms with Gasteiger partial charge in [-0.1, -0.05) is 29.8 Å². The monoisotopic (exact) mass is 142 g/mol. The van der Waals surface area contributed by atoms with Crippen molar-refractivity contribution in [3.8, 4) is 5.75 Å². The summed E-state index contributed by atoms with van der Waals surface area (Å²) in [6, 6.07) is 6.83. The van der Waals surface area contributed by atoms with Gasteiger partial charge in [-0.25, -0.2) is 0 Å². The van der Waals surface area contributed by atoms with Gasteiger partial charge in [-0.05, 0) is 6.92 Å². The smallest absolute Gasteiger partial charge is 0.0398 e. The lowest BCUT2D eigenvalue weighted by Crippen LogP contribution is -3.00. The Hall–Kier alpha value is -0.690. The summed E-state index contributed by atoms with van der Waals surface area (Å²) in [6.45, 7) is 1.90. The zero-order valence-corrected chi connectivity index (χ0v) is 5.85. The molecule has 1 nitrogen and oxygen atoms in total. The molecule has 2 heteroatoms. The van der Waals surface area contributed by atoms with E-state index < -0.39 is 0 Å². The van der Waals surface area contributed by atoms with Crippen molar-refractivity contribution in [2.24, 2.45) is 0 Å². The Labute approximate surface area is 60.7 Å². The summed E-state index contributed by atoms with van der Waals surface area (Å²) in [5.41, 5.74) is 1.03. The molecule has 1 rings (SSSR count). The molecule has 0 aliphatic carbocycles. The van der Waals surface area contributed by atoms with Crippen LogP contribution in [-0.4, -0.2) is 0 Å². The third-order valence-electron chi connectivity index (χ3n) is 0.990. The maximum atomic E-state index is 10.5. The van der Waals surface area contributed by atoms with Crippen LogP contribution < -0.4 is 17.5 Å². The second-order valence-electron chi connectivity index (χ2n) is 1.82. The first kappa shape index (κ1) is 8.31. The molecule has 0 unspecified atom stereocenters. The van der Waals surface area contributed by atoms with E-state index in [9.17, 15) is 5.11 Å². The van der Waals surface area contributed by atoms with Crippen LogP contribution in [0.1, 0.15) is 5.56 Å². The van der Waals surface area contributed by atoms with Crippen LogP contribution in [0.5, 0.6) is 5.75 Å². The fourth-order valence-electron chi connectivity index (χ4n) is 0.615. The highest BCUT2D eigenvalue weighted by molar-refractivity contribution is 5.24. The number of hydrogen-bond donors (Lipinski definition) is 0. The molecule has 0 radical (unpaired) electrons. The molecule has 1 aromatic carbocycles. The summed E-state index contributed by atoms with van der Waals surface area (Å²) in [4.78, 5) is 0. The second kappa shape index (κ2) is 3.36. The quantitative estimate of drug-likeness (QED) is 0.414. The number of aryl methyl sites for hydroxylation is 1. The third kappa shape index (κ3) is 2.38. The zero-order valence-electron chi connectivity index (χ0n) is 5.10. The summed E-state index contributed by atoms with van der Waals surface area (Å²) >= 11 is 0. The van der Waals surface area contributed by atoms with Crippen molar-refractivity contribution in [1.82, 2.24) is 0 Å². The van der Waals surface area contributed by atoms with E-state index in [0.717, 1.165) is 5.56 Å². The molecule has 1 aromatic rings. The molecule has 0 saturated carbocycles. The Kier molecular flexibility index (Phi) is 3.10. The first-order valence-electron chi connectivity index (χ1n) is 2.53. The summed E-state index contributed by atoms with van der Waals surface area (Å²) in [7, 11) is 0. The number of halogens is 1. The number of rotatable bonds is 0. The topological polar surface area (TPSA) is 23.1 Å². The van der Waals surface area contributed by atoms with E-state index in [2.05, 4.69) is 0 Å².